The Labute approximate surface area is 195 Å². The summed E-state index contributed by atoms with van der Waals surface area (Å²) in [7, 11) is 0. The highest BCUT2D eigenvalue weighted by molar-refractivity contribution is 7.99. The quantitative estimate of drug-likeness (QED) is 0.338. The molecule has 8 heteroatoms. The van der Waals surface area contributed by atoms with E-state index in [0.717, 1.165) is 46.9 Å². The minimum atomic E-state index is -4.65. The van der Waals surface area contributed by atoms with Crippen molar-refractivity contribution in [1.82, 2.24) is 4.98 Å². The van der Waals surface area contributed by atoms with Gasteiger partial charge in [0.1, 0.15) is 10.8 Å². The van der Waals surface area contributed by atoms with Crippen molar-refractivity contribution in [2.45, 2.75) is 64.1 Å². The summed E-state index contributed by atoms with van der Waals surface area (Å²) >= 11 is 1.01. The Kier molecular flexibility index (Phi) is 7.88. The number of halogens is 4. The highest BCUT2D eigenvalue weighted by Gasteiger charge is 2.33. The molecule has 0 saturated carbocycles. The van der Waals surface area contributed by atoms with E-state index in [2.05, 4.69) is 17.1 Å². The molecule has 0 aliphatic heterocycles. The SMILES string of the molecule is CCc1cc(C)cc(CC)c1C1=C(O)CC(CCSc2ncc(C(F)(F)F)cc2F)CC1=O. The third kappa shape index (κ3) is 5.78. The van der Waals surface area contributed by atoms with Crippen LogP contribution in [0.15, 0.2) is 35.2 Å². The Morgan fingerprint density at radius 3 is 2.27 bits per heavy atom. The average Bonchev–Trinajstić information content (AvgIpc) is 2.74. The van der Waals surface area contributed by atoms with Crippen molar-refractivity contribution >= 4 is 23.1 Å². The second-order valence-electron chi connectivity index (χ2n) is 8.33. The van der Waals surface area contributed by atoms with Gasteiger partial charge in [-0.05, 0) is 60.6 Å². The maximum Gasteiger partial charge on any atom is 0.417 e. The number of Topliss-reactive ketones (excluding diaryl/α,β-unsaturated/α-hetero) is 1. The number of hydrogen-bond acceptors (Lipinski definition) is 4. The summed E-state index contributed by atoms with van der Waals surface area (Å²) in [4.78, 5) is 16.6. The fourth-order valence-electron chi connectivity index (χ4n) is 4.29. The molecule has 1 heterocycles. The van der Waals surface area contributed by atoms with Crippen molar-refractivity contribution in [2.24, 2.45) is 5.92 Å². The number of hydrogen-bond donors (Lipinski definition) is 1. The zero-order valence-corrected chi connectivity index (χ0v) is 19.7. The molecule has 1 aromatic heterocycles. The minimum Gasteiger partial charge on any atom is -0.512 e. The number of carbonyl (C=O) groups is 1. The van der Waals surface area contributed by atoms with E-state index >= 15 is 0 Å². The van der Waals surface area contributed by atoms with Crippen LogP contribution >= 0.6 is 11.8 Å². The first-order valence-electron chi connectivity index (χ1n) is 11.0. The maximum atomic E-state index is 14.0. The Balaban J connectivity index is 1.72. The van der Waals surface area contributed by atoms with E-state index in [0.29, 0.717) is 36.4 Å². The second-order valence-corrected chi connectivity index (χ2v) is 9.41. The normalized spacial score (nSPS) is 17.1. The van der Waals surface area contributed by atoms with Crippen LogP contribution in [0.2, 0.25) is 0 Å². The number of aliphatic hydroxyl groups excluding tert-OH is 1. The van der Waals surface area contributed by atoms with E-state index in [1.54, 1.807) is 0 Å². The molecule has 1 aromatic carbocycles. The molecule has 2 aromatic rings. The van der Waals surface area contributed by atoms with E-state index in [1.807, 2.05) is 20.8 Å². The number of aryl methyl sites for hydroxylation is 3. The van der Waals surface area contributed by atoms with E-state index in [4.69, 9.17) is 0 Å². The topological polar surface area (TPSA) is 50.2 Å². The van der Waals surface area contributed by atoms with Gasteiger partial charge in [-0.15, -0.1) is 11.8 Å². The standard InChI is InChI=1S/C25H27F4NO2S/c1-4-16-8-14(3)9-17(5-2)22(16)23-20(31)10-15(11-21(23)32)6-7-33-24-19(26)12-18(13-30-24)25(27,28)29/h8-9,12-13,15,31H,4-7,10-11H2,1-3H3. The van der Waals surface area contributed by atoms with Gasteiger partial charge < -0.3 is 5.11 Å². The highest BCUT2D eigenvalue weighted by Crippen LogP contribution is 2.38. The van der Waals surface area contributed by atoms with Gasteiger partial charge in [-0.1, -0.05) is 31.5 Å². The smallest absolute Gasteiger partial charge is 0.417 e. The fraction of sp³-hybridized carbons (Fsp3) is 0.440. The molecule has 3 nitrogen and oxygen atoms in total. The van der Waals surface area contributed by atoms with Crippen LogP contribution in [0.5, 0.6) is 0 Å². The molecule has 33 heavy (non-hydrogen) atoms. The van der Waals surface area contributed by atoms with Gasteiger partial charge in [-0.25, -0.2) is 9.37 Å². The third-order valence-corrected chi connectivity index (χ3v) is 6.89. The van der Waals surface area contributed by atoms with Crippen molar-refractivity contribution in [3.63, 3.8) is 0 Å². The lowest BCUT2D eigenvalue weighted by Crippen LogP contribution is -2.21. The van der Waals surface area contributed by atoms with Crippen molar-refractivity contribution < 1.29 is 27.5 Å². The predicted octanol–water partition coefficient (Wildman–Crippen LogP) is 7.10. The number of allylic oxidation sites excluding steroid dienone is 2. The molecule has 1 aliphatic carbocycles. The van der Waals surface area contributed by atoms with Crippen molar-refractivity contribution in [3.8, 4) is 0 Å². The summed E-state index contributed by atoms with van der Waals surface area (Å²) in [6.45, 7) is 6.06. The maximum absolute atomic E-state index is 14.0. The molecular weight excluding hydrogens is 454 g/mol. The molecule has 1 N–H and O–H groups in total. The molecule has 0 fully saturated rings. The second kappa shape index (κ2) is 10.3. The zero-order chi connectivity index (χ0) is 24.3. The van der Waals surface area contributed by atoms with Gasteiger partial charge in [-0.3, -0.25) is 4.79 Å². The summed E-state index contributed by atoms with van der Waals surface area (Å²) in [5.41, 5.74) is 3.33. The fourth-order valence-corrected chi connectivity index (χ4v) is 5.26. The van der Waals surface area contributed by atoms with Crippen LogP contribution in [0.1, 0.15) is 60.9 Å². The number of aromatic nitrogens is 1. The Morgan fingerprint density at radius 2 is 1.76 bits per heavy atom. The van der Waals surface area contributed by atoms with Gasteiger partial charge in [0.25, 0.3) is 0 Å². The molecule has 0 bridgehead atoms. The number of pyridine rings is 1. The average molecular weight is 482 g/mol. The first kappa shape index (κ1) is 25.3. The lowest BCUT2D eigenvalue weighted by molar-refractivity contribution is -0.138. The zero-order valence-electron chi connectivity index (χ0n) is 18.9. The number of nitrogens with zero attached hydrogens (tertiary/aromatic N) is 1. The summed E-state index contributed by atoms with van der Waals surface area (Å²) in [6.07, 6.45) is -1.42. The number of carbonyl (C=O) groups excluding carboxylic acids is 1. The van der Waals surface area contributed by atoms with E-state index in [1.165, 1.54) is 0 Å². The summed E-state index contributed by atoms with van der Waals surface area (Å²) in [5.74, 6) is -0.792. The van der Waals surface area contributed by atoms with Gasteiger partial charge in [-0.2, -0.15) is 13.2 Å². The van der Waals surface area contributed by atoms with Crippen LogP contribution in [0, 0.1) is 18.7 Å². The molecule has 1 unspecified atom stereocenters. The molecule has 0 saturated heterocycles. The van der Waals surface area contributed by atoms with Crippen LogP contribution in [-0.2, 0) is 23.8 Å². The molecule has 1 atom stereocenters. The van der Waals surface area contributed by atoms with Crippen LogP contribution in [-0.4, -0.2) is 21.6 Å². The lowest BCUT2D eigenvalue weighted by Gasteiger charge is -2.26. The monoisotopic (exact) mass is 481 g/mol. The molecular formula is C25H27F4NO2S. The van der Waals surface area contributed by atoms with Gasteiger partial charge in [0.05, 0.1) is 11.1 Å². The van der Waals surface area contributed by atoms with Gasteiger partial charge in [0, 0.05) is 19.0 Å². The van der Waals surface area contributed by atoms with E-state index in [9.17, 15) is 27.5 Å². The highest BCUT2D eigenvalue weighted by atomic mass is 32.2. The number of rotatable bonds is 7. The predicted molar refractivity (Wildman–Crippen MR) is 122 cm³/mol. The first-order valence-corrected chi connectivity index (χ1v) is 12.0. The molecule has 1 aliphatic rings. The minimum absolute atomic E-state index is 0.0772. The Bertz CT molecular complexity index is 1050. The van der Waals surface area contributed by atoms with Crippen LogP contribution in [0.4, 0.5) is 17.6 Å². The molecule has 178 valence electrons. The summed E-state index contributed by atoms with van der Waals surface area (Å²) < 4.78 is 52.0. The molecule has 3 rings (SSSR count). The number of alkyl halides is 3. The van der Waals surface area contributed by atoms with Crippen molar-refractivity contribution in [1.29, 1.82) is 0 Å². The van der Waals surface area contributed by atoms with Crippen molar-refractivity contribution in [3.05, 3.63) is 63.8 Å². The Morgan fingerprint density at radius 1 is 1.12 bits per heavy atom. The van der Waals surface area contributed by atoms with Gasteiger partial charge in [0.15, 0.2) is 11.6 Å². The van der Waals surface area contributed by atoms with Crippen LogP contribution < -0.4 is 0 Å². The van der Waals surface area contributed by atoms with Gasteiger partial charge >= 0.3 is 6.18 Å². The van der Waals surface area contributed by atoms with E-state index < -0.39 is 17.6 Å². The largest absolute Gasteiger partial charge is 0.512 e. The number of ketones is 1. The molecule has 0 spiro atoms. The van der Waals surface area contributed by atoms with Crippen LogP contribution in [0.3, 0.4) is 0 Å². The Hall–Kier alpha value is -2.35. The number of thioether (sulfide) groups is 1. The lowest BCUT2D eigenvalue weighted by atomic mass is 9.79. The number of benzene rings is 1. The third-order valence-electron chi connectivity index (χ3n) is 5.88. The first-order chi connectivity index (χ1) is 15.5. The summed E-state index contributed by atoms with van der Waals surface area (Å²) in [5, 5.41) is 10.7. The van der Waals surface area contributed by atoms with Crippen molar-refractivity contribution in [2.75, 3.05) is 5.75 Å². The van der Waals surface area contributed by atoms with Crippen LogP contribution in [0.25, 0.3) is 5.57 Å². The molecule has 0 radical (unpaired) electrons. The van der Waals surface area contributed by atoms with Gasteiger partial charge in [0.2, 0.25) is 0 Å². The van der Waals surface area contributed by atoms with E-state index in [-0.39, 0.29) is 28.9 Å². The summed E-state index contributed by atoms with van der Waals surface area (Å²) in [6, 6.07) is 4.55. The molecule has 0 amide bonds. The number of aliphatic hydroxyl groups is 1.